The minimum atomic E-state index is 0.119. The van der Waals surface area contributed by atoms with Crippen molar-refractivity contribution < 1.29 is 47.6 Å². The summed E-state index contributed by atoms with van der Waals surface area (Å²) in [5.41, 5.74) is 30.9. The minimum absolute atomic E-state index is 0.119. The molecule has 7 heterocycles. The number of methoxy groups -OCH3 is 1. The molecule has 0 fully saturated rings. The maximum atomic E-state index is 9.16. The Morgan fingerprint density at radius 3 is 1.48 bits per heavy atom. The second kappa shape index (κ2) is 33.4. The second-order valence-corrected chi connectivity index (χ2v) is 20.5. The number of anilines is 10. The van der Waals surface area contributed by atoms with Crippen molar-refractivity contribution in [1.82, 2.24) is 39.9 Å². The number of ether oxygens (including phenoxy) is 8. The predicted molar refractivity (Wildman–Crippen MR) is 365 cm³/mol. The van der Waals surface area contributed by atoms with Gasteiger partial charge in [0.15, 0.2) is 40.3 Å². The molecule has 97 heavy (non-hydrogen) atoms. The molecule has 0 saturated heterocycles. The van der Waals surface area contributed by atoms with Crippen molar-refractivity contribution in [2.75, 3.05) is 85.9 Å². The lowest BCUT2D eigenvalue weighted by atomic mass is 10.2. The summed E-state index contributed by atoms with van der Waals surface area (Å²) >= 11 is 6.28. The Hall–Kier alpha value is -13.2. The average Bonchev–Trinajstić information content (AvgIpc) is 1.98. The molecular formula is C66H63ClN20O10. The van der Waals surface area contributed by atoms with Gasteiger partial charge >= 0.3 is 0 Å². The largest absolute Gasteiger partial charge is 0.497 e. The molecule has 0 aliphatic carbocycles. The molecule has 30 nitrogen and oxygen atoms in total. The molecule has 0 radical (unpaired) electrons. The number of oxime groups is 2. The summed E-state index contributed by atoms with van der Waals surface area (Å²) < 4.78 is 43.0. The molecule has 13 rings (SSSR count). The standard InChI is InChI=1S/C21H19N5O4.C18H14ClN5O.C14H15N5O3.C13H15N5O2/c22-20-15(9-23-7-13-1-3-16-18(5-13)29-11-27-16)21(26-10-25-20)24-8-14-2-4-17-19(6-14)30-12-28-17;19-15-8-13(24-18-14(9-20)17(21)22-11-23-18)6-7-16(15)25-10-12-4-2-1-3-5-12;1-20-19-6-10-13(15)17-7-18-14(10)16-5-9-2-3-11-12(4-9)22-8-21-11;1-19-10-5-3-9(4-6-10)18-13-11(7-17-20-2)12(14)15-8-16-13/h1-6,9-10H,7-8,11-12H2,(H3,22,24,25,26);1-8,11H,10H2,(H3,21,22,23,24);2-4,6-7H,5,8H2,1H3,(H3,15,16,17,18);3-8H,1-2H3,(H3,14,15,16,18)/b;;19-6+;17-7+. The van der Waals surface area contributed by atoms with Crippen LogP contribution >= 0.6 is 11.6 Å². The lowest BCUT2D eigenvalue weighted by Gasteiger charge is -2.11. The SMILES string of the molecule is CO/N=C/c1c(N)ncnc1NCc1ccc2c(c1)OCO2.CO/N=C/c1c(N)ncnc1Nc1ccc(OC)cc1.N#Cc1c(N)ncnc1Nc1ccc(OCc2ccccc2)c(Cl)c1.Nc1ncnc(NCc2ccc3c(c2)OCO3)c1C=NCc1ccc2c(c1)OCO2. The molecule has 0 atom stereocenters. The Kier molecular flexibility index (Phi) is 23.0. The lowest BCUT2D eigenvalue weighted by molar-refractivity contribution is 0.173. The first kappa shape index (κ1) is 66.7. The van der Waals surface area contributed by atoms with E-state index >= 15 is 0 Å². The molecule has 0 saturated carbocycles. The molecule has 3 aliphatic rings. The number of nitrogen functional groups attached to an aromatic ring is 4. The fourth-order valence-electron chi connectivity index (χ4n) is 8.94. The number of nitrogens with zero attached hydrogens (tertiary/aromatic N) is 12. The van der Waals surface area contributed by atoms with Gasteiger partial charge in [0.1, 0.15) is 110 Å². The number of benzene rings is 6. The van der Waals surface area contributed by atoms with E-state index in [0.29, 0.717) is 100 Å². The molecule has 0 spiro atoms. The van der Waals surface area contributed by atoms with Crippen molar-refractivity contribution in [2.24, 2.45) is 15.3 Å². The maximum Gasteiger partial charge on any atom is 0.231 e. The Bertz CT molecular complexity index is 4460. The van der Waals surface area contributed by atoms with Crippen molar-refractivity contribution >= 4 is 88.2 Å². The highest BCUT2D eigenvalue weighted by atomic mass is 35.5. The van der Waals surface area contributed by atoms with E-state index in [2.05, 4.69) is 86.1 Å². The third kappa shape index (κ3) is 18.3. The molecule has 0 unspecified atom stereocenters. The Balaban J connectivity index is 0.000000142. The number of hydrogen-bond donors (Lipinski definition) is 8. The fraction of sp³-hybridized carbons (Fsp3) is 0.152. The van der Waals surface area contributed by atoms with Crippen LogP contribution in [0.15, 0.2) is 168 Å². The summed E-state index contributed by atoms with van der Waals surface area (Å²) in [7, 11) is 4.52. The molecule has 12 N–H and O–H groups in total. The molecule has 3 aliphatic heterocycles. The van der Waals surface area contributed by atoms with Crippen LogP contribution in [0.25, 0.3) is 0 Å². The molecule has 0 amide bonds. The van der Waals surface area contributed by atoms with Gasteiger partial charge in [0.05, 0.1) is 47.8 Å². The molecule has 0 bridgehead atoms. The highest BCUT2D eigenvalue weighted by Gasteiger charge is 2.18. The zero-order valence-electron chi connectivity index (χ0n) is 52.3. The van der Waals surface area contributed by atoms with Crippen molar-refractivity contribution in [3.8, 4) is 52.1 Å². The molecule has 4 aromatic heterocycles. The maximum absolute atomic E-state index is 9.16. The van der Waals surface area contributed by atoms with E-state index in [1.807, 2.05) is 115 Å². The van der Waals surface area contributed by atoms with Gasteiger partial charge in [0.25, 0.3) is 0 Å². The summed E-state index contributed by atoms with van der Waals surface area (Å²) in [6, 6.07) is 41.7. The molecule has 31 heteroatoms. The quantitative estimate of drug-likeness (QED) is 0.0245. The molecule has 6 aromatic carbocycles. The van der Waals surface area contributed by atoms with Crippen LogP contribution in [0, 0.1) is 11.3 Å². The van der Waals surface area contributed by atoms with E-state index in [1.165, 1.54) is 52.0 Å². The van der Waals surface area contributed by atoms with Crippen LogP contribution in [0.5, 0.6) is 46.0 Å². The van der Waals surface area contributed by atoms with Gasteiger partial charge < -0.3 is 91.8 Å². The third-order valence-electron chi connectivity index (χ3n) is 13.8. The van der Waals surface area contributed by atoms with Gasteiger partial charge in [-0.15, -0.1) is 0 Å². The van der Waals surface area contributed by atoms with Crippen molar-refractivity contribution in [3.05, 3.63) is 202 Å². The van der Waals surface area contributed by atoms with Gasteiger partial charge in [-0.05, 0) is 101 Å². The van der Waals surface area contributed by atoms with Gasteiger partial charge in [0.2, 0.25) is 20.4 Å². The van der Waals surface area contributed by atoms with Crippen LogP contribution in [-0.2, 0) is 35.9 Å². The molecule has 10 aromatic rings. The summed E-state index contributed by atoms with van der Waals surface area (Å²) in [5.74, 6) is 8.97. The predicted octanol–water partition coefficient (Wildman–Crippen LogP) is 9.83. The third-order valence-corrected chi connectivity index (χ3v) is 14.1. The van der Waals surface area contributed by atoms with Crippen molar-refractivity contribution in [2.45, 2.75) is 26.2 Å². The van der Waals surface area contributed by atoms with E-state index in [9.17, 15) is 0 Å². The number of aliphatic imine (C=N–C) groups is 1. The van der Waals surface area contributed by atoms with Gasteiger partial charge in [-0.25, -0.2) is 39.9 Å². The van der Waals surface area contributed by atoms with Crippen LogP contribution in [-0.4, -0.2) is 100 Å². The number of fused-ring (bicyclic) bond motifs is 3. The average molecular weight is 1330 g/mol. The topological polar surface area (TPSA) is 408 Å². The Labute approximate surface area is 560 Å². The van der Waals surface area contributed by atoms with Crippen molar-refractivity contribution in [1.29, 1.82) is 5.26 Å². The summed E-state index contributed by atoms with van der Waals surface area (Å²) in [5, 5.41) is 29.6. The number of aromatic nitrogens is 8. The zero-order valence-corrected chi connectivity index (χ0v) is 53.0. The van der Waals surface area contributed by atoms with Gasteiger partial charge in [0, 0.05) is 30.7 Å². The van der Waals surface area contributed by atoms with Gasteiger partial charge in [-0.2, -0.15) is 5.26 Å². The first-order valence-corrected chi connectivity index (χ1v) is 29.6. The number of halogens is 1. The van der Waals surface area contributed by atoms with E-state index < -0.39 is 0 Å². The summed E-state index contributed by atoms with van der Waals surface area (Å²) in [6.45, 7) is 2.72. The number of nitrogens with two attached hydrogens (primary N) is 4. The fourth-order valence-corrected chi connectivity index (χ4v) is 9.17. The van der Waals surface area contributed by atoms with E-state index in [1.54, 1.807) is 31.5 Å². The zero-order chi connectivity index (χ0) is 67.7. The highest BCUT2D eigenvalue weighted by molar-refractivity contribution is 6.32. The minimum Gasteiger partial charge on any atom is -0.497 e. The number of nitrogens with one attached hydrogen (secondary N) is 4. The highest BCUT2D eigenvalue weighted by Crippen LogP contribution is 2.36. The first-order valence-electron chi connectivity index (χ1n) is 29.2. The first-order chi connectivity index (χ1) is 47.4. The van der Waals surface area contributed by atoms with Crippen LogP contribution in [0.2, 0.25) is 5.02 Å². The Morgan fingerprint density at radius 1 is 0.495 bits per heavy atom. The monoisotopic (exact) mass is 1330 g/mol. The van der Waals surface area contributed by atoms with Crippen molar-refractivity contribution in [3.63, 3.8) is 0 Å². The summed E-state index contributed by atoms with van der Waals surface area (Å²) in [6.07, 6.45) is 10.1. The number of rotatable bonds is 21. The normalized spacial score (nSPS) is 11.9. The van der Waals surface area contributed by atoms with Gasteiger partial charge in [-0.3, -0.25) is 4.99 Å². The van der Waals surface area contributed by atoms with Crippen LogP contribution in [0.1, 0.15) is 44.5 Å². The second-order valence-electron chi connectivity index (χ2n) is 20.1. The van der Waals surface area contributed by atoms with Gasteiger partial charge in [-0.1, -0.05) is 70.4 Å². The van der Waals surface area contributed by atoms with E-state index in [-0.39, 0.29) is 31.8 Å². The van der Waals surface area contributed by atoms with Crippen LogP contribution in [0.4, 0.5) is 57.9 Å². The number of hydrogen-bond acceptors (Lipinski definition) is 30. The van der Waals surface area contributed by atoms with E-state index in [4.69, 9.17) is 77.7 Å². The number of nitriles is 1. The smallest absolute Gasteiger partial charge is 0.231 e. The molecular weight excluding hydrogens is 1270 g/mol. The van der Waals surface area contributed by atoms with Crippen LogP contribution in [0.3, 0.4) is 0 Å². The Morgan fingerprint density at radius 2 is 0.959 bits per heavy atom. The molecule has 494 valence electrons. The van der Waals surface area contributed by atoms with E-state index in [0.717, 1.165) is 68.2 Å². The van der Waals surface area contributed by atoms with Crippen LogP contribution < -0.4 is 82.1 Å². The summed E-state index contributed by atoms with van der Waals surface area (Å²) in [4.78, 5) is 46.2. The lowest BCUT2D eigenvalue weighted by Crippen LogP contribution is -2.08.